The summed E-state index contributed by atoms with van der Waals surface area (Å²) in [6, 6.07) is 3.05. The average Bonchev–Trinajstić information content (AvgIpc) is 3.08. The van der Waals surface area contributed by atoms with Crippen molar-refractivity contribution >= 4 is 17.5 Å². The maximum absolute atomic E-state index is 13.1. The zero-order chi connectivity index (χ0) is 18.5. The van der Waals surface area contributed by atoms with E-state index in [2.05, 4.69) is 15.8 Å². The number of hydrogen-bond donors (Lipinski definition) is 2. The number of alkyl halides is 3. The van der Waals surface area contributed by atoms with Crippen LogP contribution in [0.4, 0.5) is 13.2 Å². The summed E-state index contributed by atoms with van der Waals surface area (Å²) in [6.45, 7) is -0.798. The number of aromatic nitrogens is 1. The second kappa shape index (κ2) is 6.65. The van der Waals surface area contributed by atoms with Crippen molar-refractivity contribution in [1.82, 2.24) is 20.7 Å². The third-order valence-corrected chi connectivity index (χ3v) is 6.15. The van der Waals surface area contributed by atoms with Crippen molar-refractivity contribution in [2.75, 3.05) is 13.1 Å². The Labute approximate surface area is 154 Å². The van der Waals surface area contributed by atoms with Crippen molar-refractivity contribution in [3.8, 4) is 0 Å². The lowest BCUT2D eigenvalue weighted by atomic mass is 9.67. The molecule has 142 valence electrons. The standard InChI is InChI=1S/C17H20ClF3N4O/c18-14-4-2-10(6-22-14)9-1-3-11-13(5-9)25(8-17(19,20)21)16(26)12-7-23-24-15(11)12/h2,4,6,9,11-13,15,23-24H,1,3,5,7-8H2. The minimum absolute atomic E-state index is 0.0200. The van der Waals surface area contributed by atoms with Crippen molar-refractivity contribution in [3.05, 3.63) is 29.0 Å². The Bertz CT molecular complexity index is 684. The largest absolute Gasteiger partial charge is 0.406 e. The van der Waals surface area contributed by atoms with E-state index in [1.807, 2.05) is 6.07 Å². The Hall–Kier alpha value is -1.38. The van der Waals surface area contributed by atoms with Gasteiger partial charge in [0.15, 0.2) is 0 Å². The van der Waals surface area contributed by atoms with Crippen LogP contribution in [0.2, 0.25) is 5.15 Å². The van der Waals surface area contributed by atoms with E-state index in [1.165, 1.54) is 0 Å². The summed E-state index contributed by atoms with van der Waals surface area (Å²) in [4.78, 5) is 17.9. The predicted molar refractivity (Wildman–Crippen MR) is 89.3 cm³/mol. The van der Waals surface area contributed by atoms with Crippen LogP contribution in [0.1, 0.15) is 30.7 Å². The van der Waals surface area contributed by atoms with E-state index in [9.17, 15) is 18.0 Å². The number of hydrogen-bond acceptors (Lipinski definition) is 4. The summed E-state index contributed by atoms with van der Waals surface area (Å²) in [7, 11) is 0. The first kappa shape index (κ1) is 18.0. The molecule has 3 aliphatic rings. The molecule has 5 nitrogen and oxygen atoms in total. The number of nitrogens with zero attached hydrogens (tertiary/aromatic N) is 2. The molecule has 0 spiro atoms. The molecule has 3 heterocycles. The van der Waals surface area contributed by atoms with E-state index in [0.717, 1.165) is 23.3 Å². The van der Waals surface area contributed by atoms with Crippen LogP contribution in [0.5, 0.6) is 0 Å². The van der Waals surface area contributed by atoms with Gasteiger partial charge in [0.2, 0.25) is 5.91 Å². The van der Waals surface area contributed by atoms with Crippen LogP contribution in [0.3, 0.4) is 0 Å². The van der Waals surface area contributed by atoms with Crippen LogP contribution >= 0.6 is 11.6 Å². The molecule has 5 atom stereocenters. The molecular weight excluding hydrogens is 369 g/mol. The zero-order valence-corrected chi connectivity index (χ0v) is 14.7. The second-order valence-corrected chi connectivity index (χ2v) is 7.78. The second-order valence-electron chi connectivity index (χ2n) is 7.39. The summed E-state index contributed by atoms with van der Waals surface area (Å²) >= 11 is 5.83. The fraction of sp³-hybridized carbons (Fsp3) is 0.647. The third kappa shape index (κ3) is 3.30. The van der Waals surface area contributed by atoms with Crippen LogP contribution in [-0.2, 0) is 4.79 Å². The van der Waals surface area contributed by atoms with Gasteiger partial charge in [0, 0.05) is 24.8 Å². The molecule has 1 saturated carbocycles. The quantitative estimate of drug-likeness (QED) is 0.764. The van der Waals surface area contributed by atoms with Crippen LogP contribution in [0, 0.1) is 11.8 Å². The van der Waals surface area contributed by atoms with E-state index < -0.39 is 30.6 Å². The number of fused-ring (bicyclic) bond motifs is 3. The van der Waals surface area contributed by atoms with Gasteiger partial charge in [-0.05, 0) is 42.7 Å². The molecule has 0 aromatic carbocycles. The van der Waals surface area contributed by atoms with Gasteiger partial charge in [0.1, 0.15) is 11.7 Å². The highest BCUT2D eigenvalue weighted by atomic mass is 35.5. The zero-order valence-electron chi connectivity index (χ0n) is 14.0. The first-order valence-electron chi connectivity index (χ1n) is 8.80. The van der Waals surface area contributed by atoms with E-state index in [0.29, 0.717) is 18.1 Å². The highest BCUT2D eigenvalue weighted by molar-refractivity contribution is 6.29. The summed E-state index contributed by atoms with van der Waals surface area (Å²) in [5, 5.41) is 0.387. The number of carbonyl (C=O) groups is 1. The van der Waals surface area contributed by atoms with Crippen LogP contribution in [0.25, 0.3) is 0 Å². The molecule has 4 rings (SSSR count). The normalized spacial score (nSPS) is 34.5. The van der Waals surface area contributed by atoms with Gasteiger partial charge in [-0.25, -0.2) is 4.98 Å². The lowest BCUT2D eigenvalue weighted by Gasteiger charge is -2.50. The fourth-order valence-electron chi connectivity index (χ4n) is 4.80. The van der Waals surface area contributed by atoms with Crippen molar-refractivity contribution in [1.29, 1.82) is 0 Å². The molecule has 1 aromatic heterocycles. The molecule has 1 aliphatic carbocycles. The van der Waals surface area contributed by atoms with E-state index in [-0.39, 0.29) is 17.9 Å². The molecule has 1 amide bonds. The van der Waals surface area contributed by atoms with Crippen LogP contribution < -0.4 is 10.9 Å². The first-order chi connectivity index (χ1) is 12.3. The Kier molecular flexibility index (Phi) is 4.61. The number of piperidine rings is 1. The molecule has 2 aliphatic heterocycles. The summed E-state index contributed by atoms with van der Waals surface area (Å²) < 4.78 is 39.4. The average molecular weight is 389 g/mol. The number of likely N-dealkylation sites (tertiary alicyclic amines) is 1. The molecule has 2 N–H and O–H groups in total. The lowest BCUT2D eigenvalue weighted by molar-refractivity contribution is -0.178. The first-order valence-corrected chi connectivity index (χ1v) is 9.18. The van der Waals surface area contributed by atoms with E-state index >= 15 is 0 Å². The highest BCUT2D eigenvalue weighted by Gasteiger charge is 2.54. The number of carbonyl (C=O) groups excluding carboxylic acids is 1. The minimum atomic E-state index is -4.40. The molecule has 5 unspecified atom stereocenters. The number of rotatable bonds is 2. The molecule has 2 saturated heterocycles. The molecule has 3 fully saturated rings. The third-order valence-electron chi connectivity index (χ3n) is 5.93. The Balaban J connectivity index is 1.61. The van der Waals surface area contributed by atoms with Gasteiger partial charge in [0.25, 0.3) is 0 Å². The van der Waals surface area contributed by atoms with Gasteiger partial charge in [-0.15, -0.1) is 0 Å². The smallest absolute Gasteiger partial charge is 0.330 e. The molecule has 0 bridgehead atoms. The van der Waals surface area contributed by atoms with Gasteiger partial charge in [-0.1, -0.05) is 17.7 Å². The predicted octanol–water partition coefficient (Wildman–Crippen LogP) is 2.48. The Morgan fingerprint density at radius 2 is 2.12 bits per heavy atom. The van der Waals surface area contributed by atoms with Gasteiger partial charge in [0.05, 0.1) is 5.92 Å². The number of nitrogens with one attached hydrogen (secondary N) is 2. The van der Waals surface area contributed by atoms with Gasteiger partial charge >= 0.3 is 6.18 Å². The molecule has 0 radical (unpaired) electrons. The lowest BCUT2D eigenvalue weighted by Crippen LogP contribution is -2.63. The monoisotopic (exact) mass is 388 g/mol. The minimum Gasteiger partial charge on any atom is -0.330 e. The van der Waals surface area contributed by atoms with E-state index in [1.54, 1.807) is 12.3 Å². The fourth-order valence-corrected chi connectivity index (χ4v) is 4.92. The van der Waals surface area contributed by atoms with Crippen LogP contribution in [-0.4, -0.2) is 47.1 Å². The highest BCUT2D eigenvalue weighted by Crippen LogP contribution is 2.45. The summed E-state index contributed by atoms with van der Waals surface area (Å²) in [5.74, 6) is -0.727. The number of halogens is 4. The van der Waals surface area contributed by atoms with Crippen molar-refractivity contribution in [2.45, 2.75) is 43.4 Å². The van der Waals surface area contributed by atoms with E-state index in [4.69, 9.17) is 11.6 Å². The topological polar surface area (TPSA) is 57.3 Å². The molecule has 26 heavy (non-hydrogen) atoms. The number of pyridine rings is 1. The molecule has 1 aromatic rings. The van der Waals surface area contributed by atoms with Crippen molar-refractivity contribution in [3.63, 3.8) is 0 Å². The summed E-state index contributed by atoms with van der Waals surface area (Å²) in [5.41, 5.74) is 7.05. The van der Waals surface area contributed by atoms with Crippen molar-refractivity contribution in [2.24, 2.45) is 11.8 Å². The SMILES string of the molecule is O=C1C2CNNC2C2CCC(c3ccc(Cl)nc3)CC2N1CC(F)(F)F. The van der Waals surface area contributed by atoms with Crippen LogP contribution in [0.15, 0.2) is 18.3 Å². The maximum atomic E-state index is 13.1. The molecular formula is C17H20ClF3N4O. The van der Waals surface area contributed by atoms with Gasteiger partial charge in [-0.3, -0.25) is 15.6 Å². The number of hydrazine groups is 1. The number of amides is 1. The van der Waals surface area contributed by atoms with Gasteiger partial charge in [-0.2, -0.15) is 13.2 Å². The van der Waals surface area contributed by atoms with Gasteiger partial charge < -0.3 is 4.90 Å². The Morgan fingerprint density at radius 3 is 2.81 bits per heavy atom. The summed E-state index contributed by atoms with van der Waals surface area (Å²) in [6.07, 6.45) is -0.564. The Morgan fingerprint density at radius 1 is 1.31 bits per heavy atom. The van der Waals surface area contributed by atoms with Crippen molar-refractivity contribution < 1.29 is 18.0 Å². The maximum Gasteiger partial charge on any atom is 0.406 e. The molecule has 9 heteroatoms.